The average Bonchev–Trinajstić information content (AvgIpc) is 2.51. The quantitative estimate of drug-likeness (QED) is 0.708. The van der Waals surface area contributed by atoms with Gasteiger partial charge in [0.2, 0.25) is 0 Å². The molecule has 0 aromatic carbocycles. The summed E-state index contributed by atoms with van der Waals surface area (Å²) in [5.41, 5.74) is 0.300. The predicted octanol–water partition coefficient (Wildman–Crippen LogP) is 3.60. The Morgan fingerprint density at radius 2 is 2.00 bits per heavy atom. The smallest absolute Gasteiger partial charge is 0.335 e. The summed E-state index contributed by atoms with van der Waals surface area (Å²) in [5.74, 6) is -1.23. The summed E-state index contributed by atoms with van der Waals surface area (Å²) in [6.07, 6.45) is 6.43. The van der Waals surface area contributed by atoms with E-state index in [9.17, 15) is 9.59 Å². The summed E-state index contributed by atoms with van der Waals surface area (Å²) in [4.78, 5) is 29.6. The van der Waals surface area contributed by atoms with Gasteiger partial charge in [-0.2, -0.15) is 0 Å². The number of hydrogen-bond acceptors (Lipinski definition) is 3. The van der Waals surface area contributed by atoms with E-state index in [-0.39, 0.29) is 23.2 Å². The number of amides is 1. The summed E-state index contributed by atoms with van der Waals surface area (Å²) in [7, 11) is 0. The minimum absolute atomic E-state index is 0.0926. The fourth-order valence-corrected chi connectivity index (χ4v) is 2.46. The molecule has 0 aliphatic heterocycles. The zero-order valence-electron chi connectivity index (χ0n) is 13.7. The molecule has 22 heavy (non-hydrogen) atoms. The molecule has 1 aromatic heterocycles. The normalized spacial score (nSPS) is 12.0. The molecule has 0 aliphatic carbocycles. The summed E-state index contributed by atoms with van der Waals surface area (Å²) in [6.45, 7) is 6.94. The number of aromatic carboxylic acids is 1. The van der Waals surface area contributed by atoms with Crippen LogP contribution in [0.3, 0.4) is 0 Å². The minimum Gasteiger partial charge on any atom is -0.478 e. The Balaban J connectivity index is 2.94. The first-order chi connectivity index (χ1) is 10.5. The van der Waals surface area contributed by atoms with Crippen molar-refractivity contribution < 1.29 is 14.7 Å². The van der Waals surface area contributed by atoms with E-state index in [0.717, 1.165) is 32.1 Å². The number of carbonyl (C=O) groups excluding carboxylic acids is 1. The molecule has 0 saturated carbocycles. The van der Waals surface area contributed by atoms with E-state index in [1.54, 1.807) is 0 Å². The van der Waals surface area contributed by atoms with Crippen LogP contribution in [0.2, 0.25) is 0 Å². The fraction of sp³-hybridized carbons (Fsp3) is 0.588. The second-order valence-electron chi connectivity index (χ2n) is 5.58. The van der Waals surface area contributed by atoms with Gasteiger partial charge in [-0.1, -0.05) is 33.1 Å². The lowest BCUT2D eigenvalue weighted by molar-refractivity contribution is 0.0673. The molecule has 0 saturated heterocycles. The molecule has 0 fully saturated rings. The Labute approximate surface area is 132 Å². The molecule has 1 rings (SSSR count). The number of nitrogens with zero attached hydrogens (tertiary/aromatic N) is 2. The molecule has 1 N–H and O–H groups in total. The molecule has 1 amide bonds. The number of carbonyl (C=O) groups is 2. The van der Waals surface area contributed by atoms with Crippen LogP contribution in [0.4, 0.5) is 0 Å². The van der Waals surface area contributed by atoms with Crippen LogP contribution in [0.25, 0.3) is 0 Å². The van der Waals surface area contributed by atoms with Crippen molar-refractivity contribution in [2.24, 2.45) is 0 Å². The van der Waals surface area contributed by atoms with Crippen molar-refractivity contribution in [3.05, 3.63) is 29.6 Å². The first kappa shape index (κ1) is 18.1. The average molecular weight is 306 g/mol. The second kappa shape index (κ2) is 9.18. The highest BCUT2D eigenvalue weighted by atomic mass is 16.4. The van der Waals surface area contributed by atoms with E-state index < -0.39 is 5.97 Å². The van der Waals surface area contributed by atoms with Crippen LogP contribution >= 0.6 is 0 Å². The Morgan fingerprint density at radius 1 is 1.27 bits per heavy atom. The molecule has 1 atom stereocenters. The van der Waals surface area contributed by atoms with Gasteiger partial charge in [0.25, 0.3) is 5.91 Å². The zero-order valence-corrected chi connectivity index (χ0v) is 13.7. The van der Waals surface area contributed by atoms with Gasteiger partial charge < -0.3 is 10.0 Å². The van der Waals surface area contributed by atoms with Crippen molar-refractivity contribution >= 4 is 11.9 Å². The third kappa shape index (κ3) is 5.13. The highest BCUT2D eigenvalue weighted by Gasteiger charge is 2.22. The lowest BCUT2D eigenvalue weighted by Crippen LogP contribution is -2.39. The van der Waals surface area contributed by atoms with E-state index in [1.807, 2.05) is 11.8 Å². The Bertz CT molecular complexity index is 502. The second-order valence-corrected chi connectivity index (χ2v) is 5.58. The molecule has 5 heteroatoms. The standard InChI is InChI=1S/C17H26N2O3/c1-4-6-7-11-19(13(3)8-5-2)16(20)15-12-14(17(21)22)9-10-18-15/h9-10,12-13H,4-8,11H2,1-3H3,(H,21,22). The van der Waals surface area contributed by atoms with Crippen molar-refractivity contribution in [2.75, 3.05) is 6.54 Å². The van der Waals surface area contributed by atoms with Gasteiger partial charge in [0, 0.05) is 18.8 Å². The molecule has 1 heterocycles. The lowest BCUT2D eigenvalue weighted by Gasteiger charge is -2.29. The van der Waals surface area contributed by atoms with Crippen molar-refractivity contribution in [3.63, 3.8) is 0 Å². The van der Waals surface area contributed by atoms with Crippen molar-refractivity contribution in [1.29, 1.82) is 0 Å². The lowest BCUT2D eigenvalue weighted by atomic mass is 10.1. The maximum atomic E-state index is 12.7. The van der Waals surface area contributed by atoms with E-state index in [0.29, 0.717) is 6.54 Å². The fourth-order valence-electron chi connectivity index (χ4n) is 2.46. The summed E-state index contributed by atoms with van der Waals surface area (Å²) < 4.78 is 0. The number of pyridine rings is 1. The highest BCUT2D eigenvalue weighted by Crippen LogP contribution is 2.14. The molecule has 5 nitrogen and oxygen atoms in total. The number of carboxylic acids is 1. The van der Waals surface area contributed by atoms with Gasteiger partial charge in [-0.3, -0.25) is 9.78 Å². The van der Waals surface area contributed by atoms with E-state index in [2.05, 4.69) is 18.8 Å². The van der Waals surface area contributed by atoms with Crippen LogP contribution in [0.1, 0.15) is 73.7 Å². The highest BCUT2D eigenvalue weighted by molar-refractivity contribution is 5.95. The van der Waals surface area contributed by atoms with Crippen LogP contribution in [0.15, 0.2) is 18.3 Å². The van der Waals surface area contributed by atoms with Crippen LogP contribution in [0.5, 0.6) is 0 Å². The van der Waals surface area contributed by atoms with Crippen molar-refractivity contribution in [3.8, 4) is 0 Å². The van der Waals surface area contributed by atoms with Crippen molar-refractivity contribution in [2.45, 2.75) is 58.9 Å². The maximum Gasteiger partial charge on any atom is 0.335 e. The van der Waals surface area contributed by atoms with E-state index in [1.165, 1.54) is 18.3 Å². The van der Waals surface area contributed by atoms with Crippen LogP contribution < -0.4 is 0 Å². The largest absolute Gasteiger partial charge is 0.478 e. The van der Waals surface area contributed by atoms with Crippen LogP contribution in [0, 0.1) is 0 Å². The van der Waals surface area contributed by atoms with Gasteiger partial charge in [-0.25, -0.2) is 4.79 Å². The number of carboxylic acid groups (broad SMARTS) is 1. The van der Waals surface area contributed by atoms with Gasteiger partial charge in [0.1, 0.15) is 5.69 Å². The SMILES string of the molecule is CCCCCN(C(=O)c1cc(C(=O)O)ccn1)C(C)CCC. The number of aromatic nitrogens is 1. The monoisotopic (exact) mass is 306 g/mol. The Morgan fingerprint density at radius 3 is 2.59 bits per heavy atom. The number of rotatable bonds is 9. The maximum absolute atomic E-state index is 12.7. The first-order valence-corrected chi connectivity index (χ1v) is 8.01. The van der Waals surface area contributed by atoms with E-state index in [4.69, 9.17) is 5.11 Å². The van der Waals surface area contributed by atoms with Gasteiger partial charge >= 0.3 is 5.97 Å². The predicted molar refractivity (Wildman–Crippen MR) is 86.1 cm³/mol. The van der Waals surface area contributed by atoms with E-state index >= 15 is 0 Å². The Hall–Kier alpha value is -1.91. The molecule has 1 unspecified atom stereocenters. The third-order valence-corrected chi connectivity index (χ3v) is 3.73. The summed E-state index contributed by atoms with van der Waals surface area (Å²) in [6, 6.07) is 2.89. The molecule has 0 radical (unpaired) electrons. The topological polar surface area (TPSA) is 70.5 Å². The Kier molecular flexibility index (Phi) is 7.57. The molecule has 122 valence electrons. The molecular formula is C17H26N2O3. The van der Waals surface area contributed by atoms with Crippen LogP contribution in [-0.4, -0.2) is 39.5 Å². The number of unbranched alkanes of at least 4 members (excludes halogenated alkanes) is 2. The third-order valence-electron chi connectivity index (χ3n) is 3.73. The summed E-state index contributed by atoms with van der Waals surface area (Å²) >= 11 is 0. The first-order valence-electron chi connectivity index (χ1n) is 8.01. The molecule has 0 bridgehead atoms. The summed E-state index contributed by atoms with van der Waals surface area (Å²) in [5, 5.41) is 9.04. The zero-order chi connectivity index (χ0) is 16.5. The van der Waals surface area contributed by atoms with Crippen molar-refractivity contribution in [1.82, 2.24) is 9.88 Å². The molecule has 1 aromatic rings. The van der Waals surface area contributed by atoms with Crippen LogP contribution in [-0.2, 0) is 0 Å². The van der Waals surface area contributed by atoms with Gasteiger partial charge in [-0.15, -0.1) is 0 Å². The number of hydrogen-bond donors (Lipinski definition) is 1. The molecule has 0 aliphatic rings. The molecule has 0 spiro atoms. The van der Waals surface area contributed by atoms with Gasteiger partial charge in [0.05, 0.1) is 5.56 Å². The van der Waals surface area contributed by atoms with Gasteiger partial charge in [0.15, 0.2) is 0 Å². The minimum atomic E-state index is -1.05. The van der Waals surface area contributed by atoms with Gasteiger partial charge in [-0.05, 0) is 31.9 Å². The molecular weight excluding hydrogens is 280 g/mol.